The Labute approximate surface area is 183 Å². The summed E-state index contributed by atoms with van der Waals surface area (Å²) in [5.41, 5.74) is 5.13. The maximum atomic E-state index is 12.8. The Morgan fingerprint density at radius 2 is 1.74 bits per heavy atom. The molecule has 4 rings (SSSR count). The summed E-state index contributed by atoms with van der Waals surface area (Å²) >= 11 is 0. The molecule has 2 aromatic carbocycles. The van der Waals surface area contributed by atoms with E-state index in [1.54, 1.807) is 11.8 Å². The fourth-order valence-corrected chi connectivity index (χ4v) is 4.14. The van der Waals surface area contributed by atoms with Gasteiger partial charge in [0.25, 0.3) is 5.91 Å². The summed E-state index contributed by atoms with van der Waals surface area (Å²) in [6.07, 6.45) is 4.02. The zero-order valence-electron chi connectivity index (χ0n) is 18.6. The molecule has 1 saturated heterocycles. The molecule has 1 aliphatic rings. The van der Waals surface area contributed by atoms with E-state index in [1.165, 1.54) is 42.7 Å². The molecule has 0 aliphatic carbocycles. The lowest BCUT2D eigenvalue weighted by Crippen LogP contribution is -3.11. The van der Waals surface area contributed by atoms with Crippen molar-refractivity contribution < 1.29 is 9.69 Å². The minimum absolute atomic E-state index is 0.166. The Kier molecular flexibility index (Phi) is 6.42. The smallest absolute Gasteiger partial charge is 0.250 e. The van der Waals surface area contributed by atoms with Crippen molar-refractivity contribution in [3.8, 4) is 11.4 Å². The van der Waals surface area contributed by atoms with Gasteiger partial charge >= 0.3 is 0 Å². The maximum absolute atomic E-state index is 12.8. The lowest BCUT2D eigenvalue weighted by atomic mass is 10.1. The number of carbonyl (C=O) groups is 1. The molecule has 162 valence electrons. The Balaban J connectivity index is 1.41. The molecular weight excluding hydrogens is 388 g/mol. The van der Waals surface area contributed by atoms with Crippen molar-refractivity contribution in [1.29, 1.82) is 0 Å². The summed E-state index contributed by atoms with van der Waals surface area (Å²) in [6.45, 7) is 9.33. The van der Waals surface area contributed by atoms with Crippen molar-refractivity contribution in [1.82, 2.24) is 20.2 Å². The molecule has 0 saturated carbocycles. The number of nitrogens with one attached hydrogen (secondary N) is 2. The van der Waals surface area contributed by atoms with Gasteiger partial charge in [0.05, 0.1) is 13.1 Å². The molecule has 1 aromatic heterocycles. The van der Waals surface area contributed by atoms with Crippen molar-refractivity contribution in [2.45, 2.75) is 52.6 Å². The van der Waals surface area contributed by atoms with Crippen molar-refractivity contribution in [3.05, 3.63) is 59.2 Å². The summed E-state index contributed by atoms with van der Waals surface area (Å²) in [5.74, 6) is 0.366. The SMILES string of the molecule is Cc1cccc(C)c1NC(=O)[C@H](C)n1nnc(-c2ccc(C[NH+]3CCCCC3)cc2)n1. The van der Waals surface area contributed by atoms with E-state index >= 15 is 0 Å². The van der Waals surface area contributed by atoms with Gasteiger partial charge in [-0.3, -0.25) is 4.79 Å². The average molecular weight is 420 g/mol. The molecule has 7 nitrogen and oxygen atoms in total. The molecule has 1 atom stereocenters. The van der Waals surface area contributed by atoms with Gasteiger partial charge in [-0.15, -0.1) is 10.2 Å². The number of piperidine rings is 1. The molecule has 0 spiro atoms. The largest absolute Gasteiger partial charge is 0.331 e. The number of rotatable bonds is 6. The zero-order valence-corrected chi connectivity index (χ0v) is 18.6. The van der Waals surface area contributed by atoms with Crippen molar-refractivity contribution in [2.75, 3.05) is 18.4 Å². The van der Waals surface area contributed by atoms with Crippen molar-refractivity contribution >= 4 is 11.6 Å². The quantitative estimate of drug-likeness (QED) is 0.644. The van der Waals surface area contributed by atoms with Crippen LogP contribution in [-0.4, -0.2) is 39.2 Å². The Morgan fingerprint density at radius 1 is 1.06 bits per heavy atom. The molecule has 2 N–H and O–H groups in total. The van der Waals surface area contributed by atoms with Crippen LogP contribution < -0.4 is 10.2 Å². The van der Waals surface area contributed by atoms with Gasteiger partial charge in [-0.1, -0.05) is 42.5 Å². The third kappa shape index (κ3) is 4.99. The van der Waals surface area contributed by atoms with Crippen LogP contribution in [0.2, 0.25) is 0 Å². The predicted octanol–water partition coefficient (Wildman–Crippen LogP) is 2.73. The van der Waals surface area contributed by atoms with Gasteiger partial charge < -0.3 is 10.2 Å². The molecule has 0 unspecified atom stereocenters. The van der Waals surface area contributed by atoms with E-state index in [9.17, 15) is 4.79 Å². The molecule has 1 aliphatic heterocycles. The summed E-state index contributed by atoms with van der Waals surface area (Å²) in [6, 6.07) is 13.8. The van der Waals surface area contributed by atoms with E-state index in [1.807, 2.05) is 44.2 Å². The minimum atomic E-state index is -0.567. The first-order chi connectivity index (χ1) is 15.0. The second kappa shape index (κ2) is 9.39. The van der Waals surface area contributed by atoms with E-state index < -0.39 is 6.04 Å². The van der Waals surface area contributed by atoms with E-state index in [2.05, 4.69) is 32.9 Å². The number of para-hydroxylation sites is 1. The molecule has 1 amide bonds. The van der Waals surface area contributed by atoms with Crippen LogP contribution in [0.25, 0.3) is 11.4 Å². The van der Waals surface area contributed by atoms with Crippen LogP contribution in [-0.2, 0) is 11.3 Å². The van der Waals surface area contributed by atoms with Gasteiger partial charge in [0, 0.05) is 16.8 Å². The average Bonchev–Trinajstić information content (AvgIpc) is 3.27. The van der Waals surface area contributed by atoms with Crippen LogP contribution in [0.3, 0.4) is 0 Å². The molecule has 0 radical (unpaired) electrons. The summed E-state index contributed by atoms with van der Waals surface area (Å²) in [4.78, 5) is 15.8. The van der Waals surface area contributed by atoms with Crippen LogP contribution in [0.5, 0.6) is 0 Å². The van der Waals surface area contributed by atoms with Gasteiger partial charge in [-0.25, -0.2) is 0 Å². The fraction of sp³-hybridized carbons (Fsp3) is 0.417. The van der Waals surface area contributed by atoms with Crippen LogP contribution in [0.15, 0.2) is 42.5 Å². The van der Waals surface area contributed by atoms with Gasteiger partial charge in [-0.2, -0.15) is 4.80 Å². The van der Waals surface area contributed by atoms with Gasteiger partial charge in [0.15, 0.2) is 0 Å². The number of quaternary nitrogens is 1. The maximum Gasteiger partial charge on any atom is 0.250 e. The topological polar surface area (TPSA) is 77.1 Å². The number of hydrogen-bond donors (Lipinski definition) is 2. The first-order valence-electron chi connectivity index (χ1n) is 11.1. The Morgan fingerprint density at radius 3 is 2.42 bits per heavy atom. The van der Waals surface area contributed by atoms with Crippen molar-refractivity contribution in [3.63, 3.8) is 0 Å². The molecule has 3 aromatic rings. The number of benzene rings is 2. The number of hydrogen-bond acceptors (Lipinski definition) is 4. The highest BCUT2D eigenvalue weighted by atomic mass is 16.2. The number of tetrazole rings is 1. The molecular formula is C24H31N6O+. The van der Waals surface area contributed by atoms with Crippen LogP contribution >= 0.6 is 0 Å². The minimum Gasteiger partial charge on any atom is -0.331 e. The highest BCUT2D eigenvalue weighted by Crippen LogP contribution is 2.21. The predicted molar refractivity (Wildman–Crippen MR) is 121 cm³/mol. The molecule has 7 heteroatoms. The first kappa shape index (κ1) is 21.2. The number of amides is 1. The third-order valence-electron chi connectivity index (χ3n) is 6.11. The first-order valence-corrected chi connectivity index (χ1v) is 11.1. The number of nitrogens with zero attached hydrogens (tertiary/aromatic N) is 4. The summed E-state index contributed by atoms with van der Waals surface area (Å²) < 4.78 is 0. The number of carbonyl (C=O) groups excluding carboxylic acids is 1. The van der Waals surface area contributed by atoms with E-state index in [-0.39, 0.29) is 5.91 Å². The number of likely N-dealkylation sites (tertiary alicyclic amines) is 1. The highest BCUT2D eigenvalue weighted by molar-refractivity contribution is 5.94. The Bertz CT molecular complexity index is 1020. The van der Waals surface area contributed by atoms with E-state index in [4.69, 9.17) is 0 Å². The highest BCUT2D eigenvalue weighted by Gasteiger charge is 2.20. The van der Waals surface area contributed by atoms with Crippen molar-refractivity contribution in [2.24, 2.45) is 0 Å². The number of aromatic nitrogens is 4. The van der Waals surface area contributed by atoms with Gasteiger partial charge in [-0.05, 0) is 56.4 Å². The van der Waals surface area contributed by atoms with Gasteiger partial charge in [0.2, 0.25) is 5.82 Å². The fourth-order valence-electron chi connectivity index (χ4n) is 4.14. The molecule has 31 heavy (non-hydrogen) atoms. The molecule has 2 heterocycles. The Hall–Kier alpha value is -3.06. The molecule has 1 fully saturated rings. The number of aryl methyl sites for hydroxylation is 2. The van der Waals surface area contributed by atoms with Gasteiger partial charge in [0.1, 0.15) is 12.6 Å². The van der Waals surface area contributed by atoms with E-state index in [0.717, 1.165) is 28.9 Å². The second-order valence-corrected chi connectivity index (χ2v) is 8.55. The lowest BCUT2D eigenvalue weighted by Gasteiger charge is -2.23. The standard InChI is InChI=1S/C24H30N6O/c1-17-8-7-9-18(2)22(17)25-24(31)19(3)30-27-23(26-28-30)21-12-10-20(11-13-21)16-29-14-5-4-6-15-29/h7-13,19H,4-6,14-16H2,1-3H3,(H,25,31)/p+1/t19-/m0/s1. The third-order valence-corrected chi connectivity index (χ3v) is 6.11. The van der Waals surface area contributed by atoms with Crippen LogP contribution in [0.1, 0.15) is 48.9 Å². The summed E-state index contributed by atoms with van der Waals surface area (Å²) in [5, 5.41) is 15.8. The second-order valence-electron chi connectivity index (χ2n) is 8.55. The van der Waals surface area contributed by atoms with Crippen LogP contribution in [0.4, 0.5) is 5.69 Å². The summed E-state index contributed by atoms with van der Waals surface area (Å²) in [7, 11) is 0. The zero-order chi connectivity index (χ0) is 21.8. The lowest BCUT2D eigenvalue weighted by molar-refractivity contribution is -0.918. The van der Waals surface area contributed by atoms with Crippen LogP contribution in [0, 0.1) is 13.8 Å². The van der Waals surface area contributed by atoms with E-state index in [0.29, 0.717) is 5.82 Å². The monoisotopic (exact) mass is 419 g/mol. The normalized spacial score (nSPS) is 15.6. The molecule has 0 bridgehead atoms. The number of anilines is 1.